The minimum absolute atomic E-state index is 0.430. The Balaban J connectivity index is 0.000000555. The van der Waals surface area contributed by atoms with Gasteiger partial charge in [0.2, 0.25) is 0 Å². The summed E-state index contributed by atoms with van der Waals surface area (Å²) in [7, 11) is 0. The Morgan fingerprint density at radius 2 is 1.48 bits per heavy atom. The molecule has 5 N–H and O–H groups in total. The van der Waals surface area contributed by atoms with Crippen LogP contribution in [0.2, 0.25) is 0 Å². The molecule has 1 aromatic carbocycles. The molecule has 0 amide bonds. The van der Waals surface area contributed by atoms with Crippen LogP contribution in [0.4, 0.5) is 0 Å². The molecule has 0 radical (unpaired) electrons. The topological polar surface area (TPSA) is 179 Å². The van der Waals surface area contributed by atoms with E-state index >= 15 is 0 Å². The van der Waals surface area contributed by atoms with E-state index in [1.165, 1.54) is 0 Å². The van der Waals surface area contributed by atoms with Crippen molar-refractivity contribution in [1.29, 1.82) is 0 Å². The number of hydrogen-bond acceptors (Lipinski definition) is 6. The molecule has 0 heterocycles. The van der Waals surface area contributed by atoms with Crippen LogP contribution in [0.1, 0.15) is 38.2 Å². The Bertz CT molecular complexity index is 655. The molecule has 0 aliphatic heterocycles. The van der Waals surface area contributed by atoms with Gasteiger partial charge in [-0.2, -0.15) is 0 Å². The molecule has 1 rings (SSSR count). The maximum absolute atomic E-state index is 11.0. The van der Waals surface area contributed by atoms with Crippen molar-refractivity contribution in [2.24, 2.45) is 0 Å². The monoisotopic (exact) mass is 414 g/mol. The molecule has 162 valence electrons. The number of benzene rings is 1. The fourth-order valence-corrected chi connectivity index (χ4v) is 2.13. The van der Waals surface area contributed by atoms with Gasteiger partial charge in [0.05, 0.1) is 12.8 Å². The van der Waals surface area contributed by atoms with E-state index in [0.29, 0.717) is 13.0 Å². The van der Waals surface area contributed by atoms with Crippen LogP contribution >= 0.6 is 0 Å². The molecule has 0 bridgehead atoms. The van der Waals surface area contributed by atoms with Crippen molar-refractivity contribution in [3.63, 3.8) is 0 Å². The highest BCUT2D eigenvalue weighted by Gasteiger charge is 2.40. The number of carboxylic acid groups (broad SMARTS) is 4. The van der Waals surface area contributed by atoms with Crippen LogP contribution < -0.4 is 0 Å². The van der Waals surface area contributed by atoms with Gasteiger partial charge in [0.1, 0.15) is 0 Å². The first-order valence-electron chi connectivity index (χ1n) is 8.79. The first-order chi connectivity index (χ1) is 13.5. The predicted octanol–water partition coefficient (Wildman–Crippen LogP) is 1.25. The second-order valence-electron chi connectivity index (χ2n) is 6.22. The summed E-state index contributed by atoms with van der Waals surface area (Å²) in [6, 6.07) is 9.55. The average Bonchev–Trinajstić information content (AvgIpc) is 2.61. The van der Waals surface area contributed by atoms with Crippen molar-refractivity contribution in [2.45, 2.75) is 50.7 Å². The molecule has 0 saturated carbocycles. The largest absolute Gasteiger partial charge is 0.481 e. The molecule has 0 aromatic heterocycles. The van der Waals surface area contributed by atoms with Gasteiger partial charge in [-0.25, -0.2) is 9.59 Å². The first-order valence-corrected chi connectivity index (χ1v) is 8.79. The molecule has 29 heavy (non-hydrogen) atoms. The summed E-state index contributed by atoms with van der Waals surface area (Å²) in [6.45, 7) is 2.57. The number of ether oxygens (including phenoxy) is 1. The van der Waals surface area contributed by atoms with Crippen molar-refractivity contribution in [3.05, 3.63) is 35.9 Å². The molecule has 0 fully saturated rings. The van der Waals surface area contributed by atoms with Crippen LogP contribution in [0.3, 0.4) is 0 Å². The van der Waals surface area contributed by atoms with Crippen molar-refractivity contribution < 1.29 is 49.4 Å². The maximum atomic E-state index is 11.0. The summed E-state index contributed by atoms with van der Waals surface area (Å²) in [4.78, 5) is 41.5. The fraction of sp³-hybridized carbons (Fsp3) is 0.474. The number of aliphatic carboxylic acids is 4. The third-order valence-corrected chi connectivity index (χ3v) is 3.64. The highest BCUT2D eigenvalue weighted by Crippen LogP contribution is 2.15. The number of rotatable bonds is 12. The van der Waals surface area contributed by atoms with E-state index in [-0.39, 0.29) is 0 Å². The zero-order valence-corrected chi connectivity index (χ0v) is 16.0. The summed E-state index contributed by atoms with van der Waals surface area (Å²) in [5, 5.41) is 42.8. The van der Waals surface area contributed by atoms with Crippen LogP contribution in [0.5, 0.6) is 0 Å². The van der Waals surface area contributed by atoms with Crippen molar-refractivity contribution >= 4 is 23.9 Å². The number of carbonyl (C=O) groups is 4. The van der Waals surface area contributed by atoms with E-state index in [9.17, 15) is 19.2 Å². The third-order valence-electron chi connectivity index (χ3n) is 3.64. The van der Waals surface area contributed by atoms with Gasteiger partial charge >= 0.3 is 23.9 Å². The van der Waals surface area contributed by atoms with Gasteiger partial charge in [-0.15, -0.1) is 0 Å². The van der Waals surface area contributed by atoms with Crippen molar-refractivity contribution in [3.8, 4) is 0 Å². The SMILES string of the molecule is CCCCOC(Cc1ccccc1)C(=O)O.O=C(O)CC(O)(CC(=O)O)C(=O)O. The van der Waals surface area contributed by atoms with Gasteiger partial charge in [0.25, 0.3) is 0 Å². The van der Waals surface area contributed by atoms with Gasteiger partial charge in [0, 0.05) is 13.0 Å². The van der Waals surface area contributed by atoms with Crippen LogP contribution in [-0.4, -0.2) is 67.7 Å². The summed E-state index contributed by atoms with van der Waals surface area (Å²) >= 11 is 0. The Hall–Kier alpha value is -2.98. The second kappa shape index (κ2) is 13.2. The molecule has 1 aromatic rings. The Morgan fingerprint density at radius 3 is 1.86 bits per heavy atom. The minimum atomic E-state index is -2.74. The molecule has 10 nitrogen and oxygen atoms in total. The summed E-state index contributed by atoms with van der Waals surface area (Å²) in [5.74, 6) is -5.91. The molecular weight excluding hydrogens is 388 g/mol. The highest BCUT2D eigenvalue weighted by molar-refractivity contribution is 5.88. The summed E-state index contributed by atoms with van der Waals surface area (Å²) < 4.78 is 5.35. The quantitative estimate of drug-likeness (QED) is 0.312. The van der Waals surface area contributed by atoms with E-state index in [1.807, 2.05) is 30.3 Å². The highest BCUT2D eigenvalue weighted by atomic mass is 16.5. The number of unbranched alkanes of at least 4 members (excludes halogenated alkanes) is 1. The van der Waals surface area contributed by atoms with E-state index in [2.05, 4.69) is 6.92 Å². The molecule has 0 aliphatic carbocycles. The van der Waals surface area contributed by atoms with Crippen molar-refractivity contribution in [2.75, 3.05) is 6.61 Å². The number of hydrogen-bond donors (Lipinski definition) is 5. The minimum Gasteiger partial charge on any atom is -0.481 e. The molecule has 0 saturated heterocycles. The van der Waals surface area contributed by atoms with Crippen LogP contribution in [0.15, 0.2) is 30.3 Å². The van der Waals surface area contributed by atoms with Crippen LogP contribution in [0, 0.1) is 0 Å². The lowest BCUT2D eigenvalue weighted by Gasteiger charge is -2.18. The third kappa shape index (κ3) is 11.5. The summed E-state index contributed by atoms with van der Waals surface area (Å²) in [6.07, 6.45) is -0.673. The Labute approximate surface area is 167 Å². The molecule has 1 unspecified atom stereocenters. The fourth-order valence-electron chi connectivity index (χ4n) is 2.13. The van der Waals surface area contributed by atoms with Gasteiger partial charge < -0.3 is 30.3 Å². The zero-order chi connectivity index (χ0) is 22.4. The maximum Gasteiger partial charge on any atom is 0.336 e. The van der Waals surface area contributed by atoms with E-state index in [0.717, 1.165) is 18.4 Å². The number of aliphatic hydroxyl groups is 1. The molecule has 10 heteroatoms. The molecule has 0 aliphatic rings. The van der Waals surface area contributed by atoms with Gasteiger partial charge in [0.15, 0.2) is 11.7 Å². The van der Waals surface area contributed by atoms with Gasteiger partial charge in [-0.05, 0) is 12.0 Å². The normalized spacial score (nSPS) is 11.7. The zero-order valence-electron chi connectivity index (χ0n) is 16.0. The van der Waals surface area contributed by atoms with E-state index in [1.54, 1.807) is 0 Å². The molecule has 0 spiro atoms. The van der Waals surface area contributed by atoms with E-state index in [4.69, 9.17) is 30.3 Å². The average molecular weight is 414 g/mol. The van der Waals surface area contributed by atoms with Crippen LogP contribution in [-0.2, 0) is 30.3 Å². The smallest absolute Gasteiger partial charge is 0.336 e. The first kappa shape index (κ1) is 26.0. The lowest BCUT2D eigenvalue weighted by Crippen LogP contribution is -2.42. The van der Waals surface area contributed by atoms with Crippen LogP contribution in [0.25, 0.3) is 0 Å². The second-order valence-corrected chi connectivity index (χ2v) is 6.22. The Morgan fingerprint density at radius 1 is 0.966 bits per heavy atom. The Kier molecular flexibility index (Phi) is 11.9. The number of carboxylic acids is 4. The lowest BCUT2D eigenvalue weighted by atomic mass is 9.96. The molecular formula is C19H26O10. The molecule has 1 atom stereocenters. The van der Waals surface area contributed by atoms with Gasteiger partial charge in [-0.1, -0.05) is 43.7 Å². The van der Waals surface area contributed by atoms with Crippen molar-refractivity contribution in [1.82, 2.24) is 0 Å². The standard InChI is InChI=1S/C13H18O3.C6H8O7/c1-2-3-9-16-12(13(14)15)10-11-7-5-4-6-8-11;7-3(8)1-6(13,5(11)12)2-4(9)10/h4-8,12H,2-3,9-10H2,1H3,(H,14,15);13H,1-2H2,(H,7,8)(H,9,10)(H,11,12). The lowest BCUT2D eigenvalue weighted by molar-refractivity contribution is -0.170. The predicted molar refractivity (Wildman–Crippen MR) is 99.5 cm³/mol. The summed E-state index contributed by atoms with van der Waals surface area (Å²) in [5.41, 5.74) is -1.75. The van der Waals surface area contributed by atoms with Gasteiger partial charge in [-0.3, -0.25) is 9.59 Å². The van der Waals surface area contributed by atoms with E-state index < -0.39 is 48.4 Å².